The number of hydrogen-bond acceptors (Lipinski definition) is 6. The zero-order valence-corrected chi connectivity index (χ0v) is 22.6. The van der Waals surface area contributed by atoms with Gasteiger partial charge in [-0.1, -0.05) is 32.3 Å². The molecule has 0 aromatic heterocycles. The number of benzene rings is 1. The van der Waals surface area contributed by atoms with Crippen molar-refractivity contribution in [1.82, 2.24) is 10.2 Å². The Kier molecular flexibility index (Phi) is 14.1. The summed E-state index contributed by atoms with van der Waals surface area (Å²) in [5, 5.41) is 3.12. The summed E-state index contributed by atoms with van der Waals surface area (Å²) >= 11 is 0. The standard InChI is InChI=1S/C28H48N2O5/c1-22(28(31)29-15-16-30-20-23(2)35-24(3)21-30)11-8-6-7-9-12-25-13-14-26(33-5)27(19-25)34-18-10-17-32-4/h13-14,19,22-24H,6-12,15-18,20-21H2,1-5H3,(H,29,31)/t22-,23-,24+/m1/s1. The summed E-state index contributed by atoms with van der Waals surface area (Å²) in [6.07, 6.45) is 7.88. The van der Waals surface area contributed by atoms with Crippen molar-refractivity contribution in [3.8, 4) is 11.5 Å². The highest BCUT2D eigenvalue weighted by molar-refractivity contribution is 5.78. The van der Waals surface area contributed by atoms with Gasteiger partial charge in [0.05, 0.1) is 25.9 Å². The second kappa shape index (κ2) is 16.8. The first-order valence-electron chi connectivity index (χ1n) is 13.4. The Morgan fingerprint density at radius 3 is 2.51 bits per heavy atom. The summed E-state index contributed by atoms with van der Waals surface area (Å²) in [6.45, 7) is 11.0. The van der Waals surface area contributed by atoms with Crippen molar-refractivity contribution in [2.24, 2.45) is 5.92 Å². The lowest BCUT2D eigenvalue weighted by Gasteiger charge is -2.35. The van der Waals surface area contributed by atoms with Gasteiger partial charge in [-0.15, -0.1) is 0 Å². The smallest absolute Gasteiger partial charge is 0.222 e. The molecular formula is C28H48N2O5. The minimum atomic E-state index is 0.0666. The van der Waals surface area contributed by atoms with Gasteiger partial charge in [-0.25, -0.2) is 0 Å². The molecule has 1 aromatic rings. The van der Waals surface area contributed by atoms with E-state index in [1.807, 2.05) is 13.0 Å². The number of unbranched alkanes of at least 4 members (excludes halogenated alkanes) is 3. The van der Waals surface area contributed by atoms with E-state index < -0.39 is 0 Å². The summed E-state index contributed by atoms with van der Waals surface area (Å²) in [4.78, 5) is 14.8. The number of rotatable bonds is 17. The Bertz CT molecular complexity index is 719. The van der Waals surface area contributed by atoms with Gasteiger partial charge >= 0.3 is 0 Å². The van der Waals surface area contributed by atoms with E-state index in [0.29, 0.717) is 19.8 Å². The third-order valence-corrected chi connectivity index (χ3v) is 6.50. The molecule has 1 saturated heterocycles. The molecule has 7 heteroatoms. The Labute approximate surface area is 212 Å². The third kappa shape index (κ3) is 11.6. The summed E-state index contributed by atoms with van der Waals surface area (Å²) in [5.74, 6) is 1.82. The van der Waals surface area contributed by atoms with Gasteiger partial charge in [0.15, 0.2) is 11.5 Å². The first-order chi connectivity index (χ1) is 16.9. The van der Waals surface area contributed by atoms with E-state index in [9.17, 15) is 4.79 Å². The predicted octanol–water partition coefficient (Wildman–Crippen LogP) is 4.47. The van der Waals surface area contributed by atoms with Crippen LogP contribution in [-0.2, 0) is 20.7 Å². The molecule has 1 N–H and O–H groups in total. The zero-order chi connectivity index (χ0) is 25.5. The lowest BCUT2D eigenvalue weighted by atomic mass is 10.00. The van der Waals surface area contributed by atoms with Crippen LogP contribution in [0.4, 0.5) is 0 Å². The van der Waals surface area contributed by atoms with Crippen molar-refractivity contribution in [1.29, 1.82) is 0 Å². The average molecular weight is 493 g/mol. The number of morpholine rings is 1. The molecule has 1 aliphatic rings. The maximum absolute atomic E-state index is 12.4. The molecule has 1 aromatic carbocycles. The van der Waals surface area contributed by atoms with Gasteiger partial charge in [0.2, 0.25) is 5.91 Å². The number of carbonyl (C=O) groups excluding carboxylic acids is 1. The lowest BCUT2D eigenvalue weighted by Crippen LogP contribution is -2.48. The van der Waals surface area contributed by atoms with Gasteiger partial charge in [-0.2, -0.15) is 0 Å². The Balaban J connectivity index is 1.57. The highest BCUT2D eigenvalue weighted by Gasteiger charge is 2.22. The van der Waals surface area contributed by atoms with Crippen LogP contribution in [0.1, 0.15) is 64.9 Å². The quantitative estimate of drug-likeness (QED) is 0.324. The molecule has 1 fully saturated rings. The molecule has 1 aliphatic heterocycles. The Hall–Kier alpha value is -1.83. The molecule has 3 atom stereocenters. The van der Waals surface area contributed by atoms with Crippen molar-refractivity contribution in [3.05, 3.63) is 23.8 Å². The van der Waals surface area contributed by atoms with E-state index in [4.69, 9.17) is 18.9 Å². The van der Waals surface area contributed by atoms with Crippen LogP contribution in [0.5, 0.6) is 11.5 Å². The van der Waals surface area contributed by atoms with Crippen molar-refractivity contribution < 1.29 is 23.7 Å². The zero-order valence-electron chi connectivity index (χ0n) is 22.6. The van der Waals surface area contributed by atoms with E-state index in [1.165, 1.54) is 5.56 Å². The van der Waals surface area contributed by atoms with E-state index >= 15 is 0 Å². The molecule has 200 valence electrons. The Morgan fingerprint density at radius 1 is 1.06 bits per heavy atom. The van der Waals surface area contributed by atoms with E-state index in [-0.39, 0.29) is 24.0 Å². The molecule has 0 unspecified atom stereocenters. The van der Waals surface area contributed by atoms with Crippen LogP contribution in [0.2, 0.25) is 0 Å². The molecule has 35 heavy (non-hydrogen) atoms. The van der Waals surface area contributed by atoms with Crippen LogP contribution in [0.3, 0.4) is 0 Å². The van der Waals surface area contributed by atoms with Gasteiger partial charge in [0, 0.05) is 52.2 Å². The van der Waals surface area contributed by atoms with Crippen LogP contribution in [-0.4, -0.2) is 76.6 Å². The number of nitrogens with zero attached hydrogens (tertiary/aromatic N) is 1. The fraction of sp³-hybridized carbons (Fsp3) is 0.750. The lowest BCUT2D eigenvalue weighted by molar-refractivity contribution is -0.124. The highest BCUT2D eigenvalue weighted by atomic mass is 16.5. The van der Waals surface area contributed by atoms with Gasteiger partial charge in [-0.05, 0) is 50.8 Å². The fourth-order valence-corrected chi connectivity index (χ4v) is 4.62. The van der Waals surface area contributed by atoms with Crippen molar-refractivity contribution >= 4 is 5.91 Å². The van der Waals surface area contributed by atoms with Crippen LogP contribution < -0.4 is 14.8 Å². The molecule has 7 nitrogen and oxygen atoms in total. The maximum atomic E-state index is 12.4. The van der Waals surface area contributed by atoms with Crippen molar-refractivity contribution in [2.75, 3.05) is 53.6 Å². The molecule has 0 bridgehead atoms. The van der Waals surface area contributed by atoms with E-state index in [0.717, 1.165) is 76.1 Å². The minimum absolute atomic E-state index is 0.0666. The molecule has 0 aliphatic carbocycles. The number of aryl methyl sites for hydroxylation is 1. The van der Waals surface area contributed by atoms with Gasteiger partial charge in [0.25, 0.3) is 0 Å². The molecule has 1 heterocycles. The number of methoxy groups -OCH3 is 2. The highest BCUT2D eigenvalue weighted by Crippen LogP contribution is 2.29. The summed E-state index contributed by atoms with van der Waals surface area (Å²) in [7, 11) is 3.37. The summed E-state index contributed by atoms with van der Waals surface area (Å²) < 4.78 is 22.2. The predicted molar refractivity (Wildman–Crippen MR) is 140 cm³/mol. The molecule has 2 rings (SSSR count). The summed E-state index contributed by atoms with van der Waals surface area (Å²) in [6, 6.07) is 6.20. The number of amides is 1. The van der Waals surface area contributed by atoms with Gasteiger partial charge < -0.3 is 24.3 Å². The second-order valence-electron chi connectivity index (χ2n) is 9.84. The second-order valence-corrected chi connectivity index (χ2v) is 9.84. The monoisotopic (exact) mass is 492 g/mol. The van der Waals surface area contributed by atoms with Crippen LogP contribution in [0.15, 0.2) is 18.2 Å². The van der Waals surface area contributed by atoms with E-state index in [1.54, 1.807) is 14.2 Å². The molecule has 0 radical (unpaired) electrons. The minimum Gasteiger partial charge on any atom is -0.493 e. The average Bonchev–Trinajstić information content (AvgIpc) is 2.83. The number of nitrogens with one attached hydrogen (secondary N) is 1. The first-order valence-corrected chi connectivity index (χ1v) is 13.4. The first kappa shape index (κ1) is 29.4. The van der Waals surface area contributed by atoms with Crippen LogP contribution in [0.25, 0.3) is 0 Å². The molecule has 1 amide bonds. The topological polar surface area (TPSA) is 69.3 Å². The van der Waals surface area contributed by atoms with Gasteiger partial charge in [0.1, 0.15) is 0 Å². The fourth-order valence-electron chi connectivity index (χ4n) is 4.62. The Morgan fingerprint density at radius 2 is 1.80 bits per heavy atom. The van der Waals surface area contributed by atoms with Crippen molar-refractivity contribution in [3.63, 3.8) is 0 Å². The SMILES string of the molecule is COCCCOc1cc(CCCCCC[C@@H](C)C(=O)NCCN2C[C@@H](C)O[C@@H](C)C2)ccc1OC. The largest absolute Gasteiger partial charge is 0.493 e. The van der Waals surface area contributed by atoms with Crippen LogP contribution >= 0.6 is 0 Å². The number of hydrogen-bond donors (Lipinski definition) is 1. The third-order valence-electron chi connectivity index (χ3n) is 6.50. The van der Waals surface area contributed by atoms with E-state index in [2.05, 4.69) is 36.2 Å². The van der Waals surface area contributed by atoms with Crippen molar-refractivity contribution in [2.45, 2.75) is 77.9 Å². The molecule has 0 spiro atoms. The van der Waals surface area contributed by atoms with Gasteiger partial charge in [-0.3, -0.25) is 9.69 Å². The normalized spacial score (nSPS) is 19.3. The maximum Gasteiger partial charge on any atom is 0.222 e. The number of ether oxygens (including phenoxy) is 4. The van der Waals surface area contributed by atoms with Crippen LogP contribution in [0, 0.1) is 5.92 Å². The molecule has 0 saturated carbocycles. The number of carbonyl (C=O) groups is 1. The molecular weight excluding hydrogens is 444 g/mol. The summed E-state index contributed by atoms with van der Waals surface area (Å²) in [5.41, 5.74) is 1.27.